The van der Waals surface area contributed by atoms with Crippen LogP contribution in [0.1, 0.15) is 64.6 Å². The molecular weight excluding hydrogens is 567 g/mol. The number of nitrogens with zero attached hydrogens (tertiary/aromatic N) is 6. The van der Waals surface area contributed by atoms with Crippen molar-refractivity contribution >= 4 is 34.4 Å². The summed E-state index contributed by atoms with van der Waals surface area (Å²) in [6, 6.07) is 9.56. The average molecular weight is 603 g/mol. The van der Waals surface area contributed by atoms with Crippen LogP contribution in [0.15, 0.2) is 60.0 Å². The Kier molecular flexibility index (Phi) is 8.38. The Morgan fingerprint density at radius 1 is 1.07 bits per heavy atom. The first-order valence-corrected chi connectivity index (χ1v) is 14.9. The highest BCUT2D eigenvalue weighted by molar-refractivity contribution is 6.33. The number of fused-ring (bicyclic) bond motifs is 1. The van der Waals surface area contributed by atoms with Gasteiger partial charge in [0.05, 0.1) is 27.5 Å². The maximum atomic E-state index is 15.1. The van der Waals surface area contributed by atoms with E-state index in [0.29, 0.717) is 35.6 Å². The van der Waals surface area contributed by atoms with Gasteiger partial charge in [-0.25, -0.2) is 18.7 Å². The van der Waals surface area contributed by atoms with Gasteiger partial charge in [-0.1, -0.05) is 58.0 Å². The van der Waals surface area contributed by atoms with Crippen molar-refractivity contribution in [3.05, 3.63) is 87.8 Å². The predicted molar refractivity (Wildman–Crippen MR) is 170 cm³/mol. The Labute approximate surface area is 255 Å². The number of rotatable bonds is 6. The highest BCUT2D eigenvalue weighted by Gasteiger charge is 2.34. The lowest BCUT2D eigenvalue weighted by molar-refractivity contribution is -0.128. The van der Waals surface area contributed by atoms with Crippen LogP contribution in [0.3, 0.4) is 0 Å². The second-order valence-corrected chi connectivity index (χ2v) is 12.1. The summed E-state index contributed by atoms with van der Waals surface area (Å²) in [6.45, 7) is 16.6. The highest BCUT2D eigenvalue weighted by atomic mass is 35.5. The van der Waals surface area contributed by atoms with Crippen LogP contribution in [-0.4, -0.2) is 55.5 Å². The highest BCUT2D eigenvalue weighted by Crippen LogP contribution is 2.37. The Balaban J connectivity index is 1.86. The summed E-state index contributed by atoms with van der Waals surface area (Å²) in [5.41, 5.74) is 2.49. The molecule has 3 aromatic heterocycles. The molecule has 0 saturated carbocycles. The first-order valence-electron chi connectivity index (χ1n) is 14.5. The van der Waals surface area contributed by atoms with E-state index in [4.69, 9.17) is 16.6 Å². The van der Waals surface area contributed by atoms with Gasteiger partial charge < -0.3 is 9.80 Å². The third-order valence-corrected chi connectivity index (χ3v) is 8.31. The van der Waals surface area contributed by atoms with Gasteiger partial charge in [-0.05, 0) is 61.6 Å². The van der Waals surface area contributed by atoms with Crippen molar-refractivity contribution in [1.29, 1.82) is 0 Å². The number of carbonyl (C=O) groups is 1. The van der Waals surface area contributed by atoms with Crippen molar-refractivity contribution in [3.63, 3.8) is 0 Å². The summed E-state index contributed by atoms with van der Waals surface area (Å²) < 4.78 is 16.6. The second-order valence-electron chi connectivity index (χ2n) is 11.7. The maximum Gasteiger partial charge on any atom is 0.355 e. The molecule has 0 aliphatic carbocycles. The van der Waals surface area contributed by atoms with Crippen LogP contribution < -0.4 is 10.6 Å². The monoisotopic (exact) mass is 602 g/mol. The Morgan fingerprint density at radius 3 is 2.44 bits per heavy atom. The van der Waals surface area contributed by atoms with Gasteiger partial charge in [-0.2, -0.15) is 4.98 Å². The zero-order valence-electron chi connectivity index (χ0n) is 25.3. The van der Waals surface area contributed by atoms with Crippen LogP contribution in [0.25, 0.3) is 28.0 Å². The number of benzene rings is 1. The minimum Gasteiger partial charge on any atom is -0.349 e. The van der Waals surface area contributed by atoms with Crippen molar-refractivity contribution in [2.75, 3.05) is 18.0 Å². The van der Waals surface area contributed by atoms with E-state index >= 15 is 4.39 Å². The van der Waals surface area contributed by atoms with E-state index in [0.717, 1.165) is 11.3 Å². The summed E-state index contributed by atoms with van der Waals surface area (Å²) in [5, 5.41) is 0.770. The first kappa shape index (κ1) is 30.4. The number of aromatic nitrogens is 4. The van der Waals surface area contributed by atoms with E-state index in [2.05, 4.69) is 30.4 Å². The molecule has 8 nitrogen and oxygen atoms in total. The van der Waals surface area contributed by atoms with E-state index in [9.17, 15) is 9.59 Å². The van der Waals surface area contributed by atoms with Crippen molar-refractivity contribution in [2.24, 2.45) is 0 Å². The van der Waals surface area contributed by atoms with Gasteiger partial charge in [0.2, 0.25) is 5.91 Å². The van der Waals surface area contributed by atoms with Crippen LogP contribution >= 0.6 is 11.6 Å². The second kappa shape index (κ2) is 11.9. The lowest BCUT2D eigenvalue weighted by Crippen LogP contribution is -2.58. The zero-order valence-corrected chi connectivity index (χ0v) is 26.1. The first-order chi connectivity index (χ1) is 20.4. The minimum atomic E-state index is -0.530. The molecule has 1 aliphatic rings. The maximum absolute atomic E-state index is 15.1. The van der Waals surface area contributed by atoms with Crippen LogP contribution in [0.4, 0.5) is 10.2 Å². The molecule has 224 valence electrons. The molecule has 5 rings (SSSR count). The Bertz CT molecular complexity index is 1760. The van der Waals surface area contributed by atoms with Crippen molar-refractivity contribution in [2.45, 2.75) is 65.5 Å². The van der Waals surface area contributed by atoms with E-state index in [1.165, 1.54) is 16.7 Å². The number of halogens is 2. The molecule has 43 heavy (non-hydrogen) atoms. The van der Waals surface area contributed by atoms with Crippen molar-refractivity contribution in [1.82, 2.24) is 24.4 Å². The molecule has 1 aliphatic heterocycles. The Hall–Kier alpha value is -4.11. The van der Waals surface area contributed by atoms with Gasteiger partial charge in [0.25, 0.3) is 0 Å². The quantitative estimate of drug-likeness (QED) is 0.234. The number of anilines is 1. The van der Waals surface area contributed by atoms with Crippen LogP contribution in [0.5, 0.6) is 0 Å². The van der Waals surface area contributed by atoms with E-state index in [1.54, 1.807) is 35.4 Å². The summed E-state index contributed by atoms with van der Waals surface area (Å²) in [7, 11) is 0. The number of pyridine rings is 2. The van der Waals surface area contributed by atoms with Crippen LogP contribution in [0.2, 0.25) is 5.02 Å². The fourth-order valence-corrected chi connectivity index (χ4v) is 6.09. The molecule has 0 unspecified atom stereocenters. The fourth-order valence-electron chi connectivity index (χ4n) is 5.83. The third-order valence-electron chi connectivity index (χ3n) is 8.02. The molecule has 1 fully saturated rings. The largest absolute Gasteiger partial charge is 0.355 e. The van der Waals surface area contributed by atoms with Crippen molar-refractivity contribution < 1.29 is 9.18 Å². The number of carbonyl (C=O) groups excluding carboxylic acids is 1. The van der Waals surface area contributed by atoms with E-state index in [-0.39, 0.29) is 46.1 Å². The number of amides is 1. The molecule has 4 heterocycles. The molecule has 0 spiro atoms. The van der Waals surface area contributed by atoms with Gasteiger partial charge in [0.1, 0.15) is 11.6 Å². The summed E-state index contributed by atoms with van der Waals surface area (Å²) in [4.78, 5) is 44.7. The standard InChI is InChI=1S/C33H36ClFN6O2/c1-8-27(42)39-16-21(7)40(17-20(39)6)31-24-15-25(34)29(23-11-9-10-12-26(23)35)37-32(24)41(33(43)38-31)30-22(18(2)3)13-14-36-28(30)19(4)5/h8-15,18-21H,1,16-17H2,2-7H3/t20-,21+/m1/s1. The van der Waals surface area contributed by atoms with Gasteiger partial charge >= 0.3 is 5.69 Å². The molecule has 2 atom stereocenters. The molecular formula is C33H36ClFN6O2. The molecule has 1 aromatic carbocycles. The fraction of sp³-hybridized carbons (Fsp3) is 0.364. The lowest BCUT2D eigenvalue weighted by atomic mass is 9.97. The third kappa shape index (κ3) is 5.42. The molecule has 0 bridgehead atoms. The molecule has 1 amide bonds. The molecule has 1 saturated heterocycles. The Morgan fingerprint density at radius 2 is 1.79 bits per heavy atom. The zero-order chi connectivity index (χ0) is 31.2. The smallest absolute Gasteiger partial charge is 0.349 e. The predicted octanol–water partition coefficient (Wildman–Crippen LogP) is 6.49. The summed E-state index contributed by atoms with van der Waals surface area (Å²) in [6.07, 6.45) is 3.07. The summed E-state index contributed by atoms with van der Waals surface area (Å²) >= 11 is 6.83. The number of hydrogen-bond donors (Lipinski definition) is 0. The average Bonchev–Trinajstić information content (AvgIpc) is 2.97. The van der Waals surface area contributed by atoms with Crippen LogP contribution in [-0.2, 0) is 4.79 Å². The molecule has 0 radical (unpaired) electrons. The minimum absolute atomic E-state index is 0.00925. The summed E-state index contributed by atoms with van der Waals surface area (Å²) in [5.74, 6) is -0.156. The van der Waals surface area contributed by atoms with Gasteiger partial charge in [-0.15, -0.1) is 0 Å². The topological polar surface area (TPSA) is 84.2 Å². The SMILES string of the molecule is C=CC(=O)N1C[C@H](C)N(c2nc(=O)n(-c3c(C(C)C)ccnc3C(C)C)c3nc(-c4ccccc4F)c(Cl)cc23)C[C@H]1C. The number of hydrogen-bond acceptors (Lipinski definition) is 6. The van der Waals surface area contributed by atoms with Gasteiger partial charge in [-0.3, -0.25) is 9.78 Å². The molecule has 4 aromatic rings. The van der Waals surface area contributed by atoms with E-state index < -0.39 is 11.5 Å². The normalized spacial score (nSPS) is 17.3. The van der Waals surface area contributed by atoms with Crippen molar-refractivity contribution in [3.8, 4) is 16.9 Å². The van der Waals surface area contributed by atoms with Gasteiger partial charge in [0, 0.05) is 36.9 Å². The lowest BCUT2D eigenvalue weighted by Gasteiger charge is -2.44. The number of piperazine rings is 1. The van der Waals surface area contributed by atoms with E-state index in [1.807, 2.05) is 38.7 Å². The van der Waals surface area contributed by atoms with Crippen LogP contribution in [0, 0.1) is 5.82 Å². The molecule has 10 heteroatoms. The van der Waals surface area contributed by atoms with Gasteiger partial charge in [0.15, 0.2) is 5.65 Å². The molecule has 0 N–H and O–H groups in total.